The Bertz CT molecular complexity index is 744. The van der Waals surface area contributed by atoms with Crippen LogP contribution in [0.4, 0.5) is 0 Å². The van der Waals surface area contributed by atoms with Crippen molar-refractivity contribution in [3.05, 3.63) is 69.6 Å². The molecule has 2 N–H and O–H groups in total. The average molecular weight is 341 g/mol. The summed E-state index contributed by atoms with van der Waals surface area (Å²) >= 11 is 0. The van der Waals surface area contributed by atoms with Crippen LogP contribution in [0.5, 0.6) is 0 Å². The third kappa shape index (κ3) is 4.55. The van der Waals surface area contributed by atoms with Crippen LogP contribution in [0.2, 0.25) is 0 Å². The van der Waals surface area contributed by atoms with Gasteiger partial charge in [-0.3, -0.25) is 14.5 Å². The maximum atomic E-state index is 12.4. The molecule has 1 atom stereocenters. The lowest BCUT2D eigenvalue weighted by Crippen LogP contribution is -2.43. The monoisotopic (exact) mass is 341 g/mol. The summed E-state index contributed by atoms with van der Waals surface area (Å²) in [7, 11) is 0. The first-order valence-electron chi connectivity index (χ1n) is 8.49. The predicted octanol–water partition coefficient (Wildman–Crippen LogP) is 1.49. The Morgan fingerprint density at radius 2 is 1.92 bits per heavy atom. The normalized spacial score (nSPS) is 16.4. The molecule has 0 aliphatic carbocycles. The predicted molar refractivity (Wildman–Crippen MR) is 95.7 cm³/mol. The molecule has 1 unspecified atom stereocenters. The topological polar surface area (TPSA) is 74.4 Å². The van der Waals surface area contributed by atoms with Gasteiger partial charge in [-0.2, -0.15) is 0 Å². The molecule has 132 valence electrons. The Morgan fingerprint density at radius 3 is 2.56 bits per heavy atom. The highest BCUT2D eigenvalue weighted by atomic mass is 16.5. The Balaban J connectivity index is 1.72. The van der Waals surface area contributed by atoms with Crippen LogP contribution in [0, 0.1) is 6.92 Å². The fourth-order valence-electron chi connectivity index (χ4n) is 2.98. The zero-order chi connectivity index (χ0) is 17.6. The second-order valence-corrected chi connectivity index (χ2v) is 6.23. The molecule has 1 saturated heterocycles. The molecule has 1 amide bonds. The van der Waals surface area contributed by atoms with E-state index in [9.17, 15) is 9.59 Å². The van der Waals surface area contributed by atoms with Gasteiger partial charge in [0.25, 0.3) is 5.91 Å². The summed E-state index contributed by atoms with van der Waals surface area (Å²) in [6, 6.07) is 11.4. The van der Waals surface area contributed by atoms with Gasteiger partial charge in [0.15, 0.2) is 0 Å². The van der Waals surface area contributed by atoms with Gasteiger partial charge in [-0.15, -0.1) is 0 Å². The minimum atomic E-state index is -0.220. The Kier molecular flexibility index (Phi) is 5.63. The van der Waals surface area contributed by atoms with E-state index in [0.717, 1.165) is 13.1 Å². The van der Waals surface area contributed by atoms with E-state index < -0.39 is 0 Å². The number of ether oxygens (including phenoxy) is 1. The molecule has 2 aromatic rings. The summed E-state index contributed by atoms with van der Waals surface area (Å²) in [5.74, 6) is -0.193. The third-order valence-electron chi connectivity index (χ3n) is 4.45. The van der Waals surface area contributed by atoms with Gasteiger partial charge in [0.05, 0.1) is 24.8 Å². The van der Waals surface area contributed by atoms with Gasteiger partial charge >= 0.3 is 0 Å². The van der Waals surface area contributed by atoms with Gasteiger partial charge < -0.3 is 15.0 Å². The molecule has 2 heterocycles. The number of carbonyl (C=O) groups is 1. The van der Waals surface area contributed by atoms with E-state index in [4.69, 9.17) is 4.74 Å². The van der Waals surface area contributed by atoms with E-state index >= 15 is 0 Å². The Morgan fingerprint density at radius 1 is 1.20 bits per heavy atom. The number of H-pyrrole nitrogens is 1. The number of hydrogen-bond donors (Lipinski definition) is 2. The van der Waals surface area contributed by atoms with Crippen molar-refractivity contribution in [3.8, 4) is 0 Å². The summed E-state index contributed by atoms with van der Waals surface area (Å²) in [6.45, 7) is 5.65. The fourth-order valence-corrected chi connectivity index (χ4v) is 2.98. The maximum Gasteiger partial charge on any atom is 0.252 e. The standard InChI is InChI=1S/C19H23N3O3/c1-14-2-4-15(5-3-14)17(22-8-10-25-11-9-22)13-21-19(24)16-6-7-18(23)20-12-16/h2-7,12,17H,8-11,13H2,1H3,(H,20,23)(H,21,24). The van der Waals surface area contributed by atoms with E-state index in [2.05, 4.69) is 46.4 Å². The molecule has 1 aliphatic heterocycles. The number of hydrogen-bond acceptors (Lipinski definition) is 4. The van der Waals surface area contributed by atoms with Crippen molar-refractivity contribution >= 4 is 5.91 Å². The zero-order valence-corrected chi connectivity index (χ0v) is 14.3. The maximum absolute atomic E-state index is 12.4. The number of aromatic amines is 1. The minimum Gasteiger partial charge on any atom is -0.379 e. The molecule has 25 heavy (non-hydrogen) atoms. The van der Waals surface area contributed by atoms with Crippen LogP contribution in [-0.2, 0) is 4.74 Å². The minimum absolute atomic E-state index is 0.0937. The number of carbonyl (C=O) groups excluding carboxylic acids is 1. The molecule has 1 fully saturated rings. The third-order valence-corrected chi connectivity index (χ3v) is 4.45. The molecule has 1 aromatic carbocycles. The molecule has 1 aliphatic rings. The quantitative estimate of drug-likeness (QED) is 0.864. The van der Waals surface area contributed by atoms with E-state index in [1.807, 2.05) is 0 Å². The summed E-state index contributed by atoms with van der Waals surface area (Å²) in [4.78, 5) is 28.3. The smallest absolute Gasteiger partial charge is 0.252 e. The number of aromatic nitrogens is 1. The van der Waals surface area contributed by atoms with E-state index in [-0.39, 0.29) is 17.5 Å². The molecule has 0 saturated carbocycles. The first-order valence-corrected chi connectivity index (χ1v) is 8.49. The van der Waals surface area contributed by atoms with E-state index in [1.54, 1.807) is 0 Å². The van der Waals surface area contributed by atoms with Gasteiger partial charge in [-0.05, 0) is 18.6 Å². The van der Waals surface area contributed by atoms with Crippen LogP contribution in [0.1, 0.15) is 27.5 Å². The van der Waals surface area contributed by atoms with Crippen molar-refractivity contribution in [2.45, 2.75) is 13.0 Å². The number of aryl methyl sites for hydroxylation is 1. The molecular formula is C19H23N3O3. The highest BCUT2D eigenvalue weighted by molar-refractivity contribution is 5.93. The van der Waals surface area contributed by atoms with Crippen LogP contribution in [0.15, 0.2) is 47.4 Å². The summed E-state index contributed by atoms with van der Waals surface area (Å²) < 4.78 is 5.45. The Hall–Kier alpha value is -2.44. The lowest BCUT2D eigenvalue weighted by molar-refractivity contribution is 0.0162. The summed E-state index contributed by atoms with van der Waals surface area (Å²) in [5.41, 5.74) is 2.61. The largest absolute Gasteiger partial charge is 0.379 e. The molecule has 3 rings (SSSR count). The lowest BCUT2D eigenvalue weighted by atomic mass is 10.0. The van der Waals surface area contributed by atoms with Crippen LogP contribution < -0.4 is 10.9 Å². The van der Waals surface area contributed by atoms with Crippen molar-refractivity contribution in [3.63, 3.8) is 0 Å². The number of nitrogens with zero attached hydrogens (tertiary/aromatic N) is 1. The molecule has 1 aromatic heterocycles. The Labute approximate surface area is 146 Å². The average Bonchev–Trinajstić information content (AvgIpc) is 2.64. The van der Waals surface area contributed by atoms with Gasteiger partial charge in [0.2, 0.25) is 5.56 Å². The number of amides is 1. The molecule has 0 spiro atoms. The highest BCUT2D eigenvalue weighted by Gasteiger charge is 2.23. The van der Waals surface area contributed by atoms with Crippen molar-refractivity contribution in [1.29, 1.82) is 0 Å². The van der Waals surface area contributed by atoms with E-state index in [1.165, 1.54) is 29.5 Å². The van der Waals surface area contributed by atoms with Crippen molar-refractivity contribution in [2.24, 2.45) is 0 Å². The highest BCUT2D eigenvalue weighted by Crippen LogP contribution is 2.22. The van der Waals surface area contributed by atoms with Crippen LogP contribution in [0.3, 0.4) is 0 Å². The zero-order valence-electron chi connectivity index (χ0n) is 14.3. The number of rotatable bonds is 5. The molecule has 6 heteroatoms. The number of nitrogens with one attached hydrogen (secondary N) is 2. The van der Waals surface area contributed by atoms with Gasteiger partial charge in [-0.25, -0.2) is 0 Å². The second kappa shape index (κ2) is 8.09. The van der Waals surface area contributed by atoms with Crippen LogP contribution in [-0.4, -0.2) is 48.6 Å². The van der Waals surface area contributed by atoms with Crippen molar-refractivity contribution in [1.82, 2.24) is 15.2 Å². The van der Waals surface area contributed by atoms with Crippen LogP contribution in [0.25, 0.3) is 0 Å². The molecular weight excluding hydrogens is 318 g/mol. The fraction of sp³-hybridized carbons (Fsp3) is 0.368. The number of pyridine rings is 1. The molecule has 0 radical (unpaired) electrons. The van der Waals surface area contributed by atoms with Gasteiger partial charge in [0, 0.05) is 31.9 Å². The SMILES string of the molecule is Cc1ccc(C(CNC(=O)c2ccc(=O)[nH]c2)N2CCOCC2)cc1. The molecule has 6 nitrogen and oxygen atoms in total. The number of morpholine rings is 1. The van der Waals surface area contributed by atoms with Gasteiger partial charge in [0.1, 0.15) is 0 Å². The first-order chi connectivity index (χ1) is 12.1. The number of benzene rings is 1. The lowest BCUT2D eigenvalue weighted by Gasteiger charge is -2.35. The van der Waals surface area contributed by atoms with Gasteiger partial charge in [-0.1, -0.05) is 29.8 Å². The van der Waals surface area contributed by atoms with Crippen molar-refractivity contribution < 1.29 is 9.53 Å². The first kappa shape index (κ1) is 17.4. The summed E-state index contributed by atoms with van der Waals surface area (Å²) in [6.07, 6.45) is 1.44. The molecule has 0 bridgehead atoms. The summed E-state index contributed by atoms with van der Waals surface area (Å²) in [5, 5.41) is 2.99. The van der Waals surface area contributed by atoms with Crippen LogP contribution >= 0.6 is 0 Å². The van der Waals surface area contributed by atoms with Crippen molar-refractivity contribution in [2.75, 3.05) is 32.8 Å². The second-order valence-electron chi connectivity index (χ2n) is 6.23. The van der Waals surface area contributed by atoms with E-state index in [0.29, 0.717) is 25.3 Å².